The van der Waals surface area contributed by atoms with Crippen molar-refractivity contribution in [2.45, 2.75) is 25.2 Å². The van der Waals surface area contributed by atoms with Crippen LogP contribution in [0.25, 0.3) is 0 Å². The molecule has 0 heterocycles. The Hall–Kier alpha value is -1.04. The molecule has 16 heavy (non-hydrogen) atoms. The number of benzene rings is 1. The Bertz CT molecular complexity index is 293. The first-order chi connectivity index (χ1) is 7.65. The third kappa shape index (κ3) is 3.84. The van der Waals surface area contributed by atoms with Crippen LogP contribution in [0.4, 0.5) is 8.78 Å². The third-order valence-electron chi connectivity index (χ3n) is 2.10. The molecule has 1 aromatic rings. The van der Waals surface area contributed by atoms with Crippen molar-refractivity contribution in [2.24, 2.45) is 0 Å². The van der Waals surface area contributed by atoms with Crippen LogP contribution in [0.2, 0.25) is 0 Å². The zero-order chi connectivity index (χ0) is 12.0. The third-order valence-corrected chi connectivity index (χ3v) is 2.10. The summed E-state index contributed by atoms with van der Waals surface area (Å²) in [6.07, 6.45) is -6.06. The van der Waals surface area contributed by atoms with E-state index < -0.39 is 25.2 Å². The van der Waals surface area contributed by atoms with Gasteiger partial charge in [-0.2, -0.15) is 0 Å². The van der Waals surface area contributed by atoms with E-state index in [2.05, 4.69) is 0 Å². The molecule has 0 aromatic heterocycles. The van der Waals surface area contributed by atoms with Gasteiger partial charge in [0, 0.05) is 0 Å². The Balaban J connectivity index is 2.50. The number of rotatable bonds is 6. The van der Waals surface area contributed by atoms with Gasteiger partial charge in [-0.15, -0.1) is 0 Å². The standard InChI is InChI=1S/C11H14F2O3/c12-11(13)10(9(15)6-14)16-7-8-4-2-1-3-5-8/h1-5,9-11,14-15H,6-7H2. The number of hydrogen-bond acceptors (Lipinski definition) is 3. The highest BCUT2D eigenvalue weighted by atomic mass is 19.3. The maximum absolute atomic E-state index is 12.4. The molecule has 0 bridgehead atoms. The molecular weight excluding hydrogens is 218 g/mol. The van der Waals surface area contributed by atoms with E-state index in [1.165, 1.54) is 0 Å². The molecule has 1 rings (SSSR count). The normalized spacial score (nSPS) is 15.1. The van der Waals surface area contributed by atoms with Gasteiger partial charge in [0.05, 0.1) is 13.2 Å². The van der Waals surface area contributed by atoms with Crippen molar-refractivity contribution in [1.29, 1.82) is 0 Å². The highest BCUT2D eigenvalue weighted by Gasteiger charge is 2.28. The maximum atomic E-state index is 12.4. The number of aliphatic hydroxyl groups excluding tert-OH is 2. The molecular formula is C11H14F2O3. The molecule has 0 aliphatic heterocycles. The van der Waals surface area contributed by atoms with Crippen molar-refractivity contribution in [3.63, 3.8) is 0 Å². The predicted octanol–water partition coefficient (Wildman–Crippen LogP) is 1.19. The lowest BCUT2D eigenvalue weighted by molar-refractivity contribution is -0.131. The average Bonchev–Trinajstić information content (AvgIpc) is 2.30. The molecule has 0 amide bonds. The van der Waals surface area contributed by atoms with Gasteiger partial charge in [0.25, 0.3) is 6.43 Å². The fraction of sp³-hybridized carbons (Fsp3) is 0.455. The SMILES string of the molecule is OCC(O)C(OCc1ccccc1)C(F)F. The molecule has 90 valence electrons. The smallest absolute Gasteiger partial charge is 0.267 e. The van der Waals surface area contributed by atoms with Crippen LogP contribution in [-0.2, 0) is 11.3 Å². The summed E-state index contributed by atoms with van der Waals surface area (Å²) in [6.45, 7) is -0.767. The van der Waals surface area contributed by atoms with Gasteiger partial charge in [0.1, 0.15) is 12.2 Å². The molecule has 5 heteroatoms. The Labute approximate surface area is 92.3 Å². The average molecular weight is 232 g/mol. The van der Waals surface area contributed by atoms with Crippen molar-refractivity contribution >= 4 is 0 Å². The number of hydrogen-bond donors (Lipinski definition) is 2. The summed E-state index contributed by atoms with van der Waals surface area (Å²) in [6, 6.07) is 8.79. The lowest BCUT2D eigenvalue weighted by Crippen LogP contribution is -2.37. The topological polar surface area (TPSA) is 49.7 Å². The van der Waals surface area contributed by atoms with Crippen LogP contribution in [0.3, 0.4) is 0 Å². The quantitative estimate of drug-likeness (QED) is 0.774. The minimum Gasteiger partial charge on any atom is -0.394 e. The molecule has 0 aliphatic rings. The van der Waals surface area contributed by atoms with Gasteiger partial charge in [-0.3, -0.25) is 0 Å². The molecule has 0 spiro atoms. The second kappa shape index (κ2) is 6.52. The van der Waals surface area contributed by atoms with Gasteiger partial charge in [-0.05, 0) is 5.56 Å². The van der Waals surface area contributed by atoms with Crippen LogP contribution in [0.5, 0.6) is 0 Å². The molecule has 0 saturated heterocycles. The molecule has 2 atom stereocenters. The summed E-state index contributed by atoms with van der Waals surface area (Å²) < 4.78 is 29.8. The van der Waals surface area contributed by atoms with E-state index in [9.17, 15) is 8.78 Å². The zero-order valence-corrected chi connectivity index (χ0v) is 8.59. The summed E-state index contributed by atoms with van der Waals surface area (Å²) in [7, 11) is 0. The monoisotopic (exact) mass is 232 g/mol. The summed E-state index contributed by atoms with van der Waals surface area (Å²) in [5.41, 5.74) is 0.735. The van der Waals surface area contributed by atoms with E-state index in [-0.39, 0.29) is 6.61 Å². The van der Waals surface area contributed by atoms with Crippen molar-refractivity contribution < 1.29 is 23.7 Å². The molecule has 0 saturated carbocycles. The van der Waals surface area contributed by atoms with Crippen molar-refractivity contribution in [2.75, 3.05) is 6.61 Å². The van der Waals surface area contributed by atoms with Crippen molar-refractivity contribution in [3.05, 3.63) is 35.9 Å². The van der Waals surface area contributed by atoms with Crippen molar-refractivity contribution in [1.82, 2.24) is 0 Å². The van der Waals surface area contributed by atoms with E-state index in [1.54, 1.807) is 30.3 Å². The highest BCUT2D eigenvalue weighted by molar-refractivity contribution is 5.13. The van der Waals surface area contributed by atoms with Crippen LogP contribution in [0.1, 0.15) is 5.56 Å². The Morgan fingerprint density at radius 1 is 1.19 bits per heavy atom. The molecule has 2 unspecified atom stereocenters. The van der Waals surface area contributed by atoms with Gasteiger partial charge in [0.15, 0.2) is 0 Å². The Morgan fingerprint density at radius 2 is 1.81 bits per heavy atom. The second-order valence-corrected chi connectivity index (χ2v) is 3.35. The van der Waals surface area contributed by atoms with E-state index >= 15 is 0 Å². The van der Waals surface area contributed by atoms with E-state index in [0.717, 1.165) is 5.56 Å². The first-order valence-corrected chi connectivity index (χ1v) is 4.87. The Morgan fingerprint density at radius 3 is 2.31 bits per heavy atom. The maximum Gasteiger partial charge on any atom is 0.267 e. The van der Waals surface area contributed by atoms with Crippen LogP contribution >= 0.6 is 0 Å². The summed E-state index contributed by atoms with van der Waals surface area (Å²) in [4.78, 5) is 0. The number of ether oxygens (including phenoxy) is 1. The van der Waals surface area contributed by atoms with Gasteiger partial charge < -0.3 is 14.9 Å². The first kappa shape index (κ1) is 13.0. The van der Waals surface area contributed by atoms with Crippen LogP contribution < -0.4 is 0 Å². The van der Waals surface area contributed by atoms with Gasteiger partial charge in [0.2, 0.25) is 0 Å². The minimum absolute atomic E-state index is 0.0209. The van der Waals surface area contributed by atoms with E-state index in [4.69, 9.17) is 14.9 Å². The predicted molar refractivity (Wildman–Crippen MR) is 54.1 cm³/mol. The number of alkyl halides is 2. The van der Waals surface area contributed by atoms with Gasteiger partial charge in [-0.1, -0.05) is 30.3 Å². The molecule has 1 aromatic carbocycles. The number of aliphatic hydroxyl groups is 2. The largest absolute Gasteiger partial charge is 0.394 e. The van der Waals surface area contributed by atoms with Crippen molar-refractivity contribution in [3.8, 4) is 0 Å². The fourth-order valence-electron chi connectivity index (χ4n) is 1.22. The van der Waals surface area contributed by atoms with E-state index in [0.29, 0.717) is 0 Å². The van der Waals surface area contributed by atoms with Gasteiger partial charge in [-0.25, -0.2) is 8.78 Å². The van der Waals surface area contributed by atoms with Crippen LogP contribution in [0.15, 0.2) is 30.3 Å². The fourth-order valence-corrected chi connectivity index (χ4v) is 1.22. The minimum atomic E-state index is -2.83. The lowest BCUT2D eigenvalue weighted by Gasteiger charge is -2.21. The Kier molecular flexibility index (Phi) is 5.31. The zero-order valence-electron chi connectivity index (χ0n) is 8.59. The van der Waals surface area contributed by atoms with Gasteiger partial charge >= 0.3 is 0 Å². The summed E-state index contributed by atoms with van der Waals surface area (Å²) in [5, 5.41) is 17.7. The number of halogens is 2. The molecule has 3 nitrogen and oxygen atoms in total. The first-order valence-electron chi connectivity index (χ1n) is 4.87. The van der Waals surface area contributed by atoms with E-state index in [1.807, 2.05) is 0 Å². The molecule has 0 aliphatic carbocycles. The van der Waals surface area contributed by atoms with Crippen LogP contribution in [0, 0.1) is 0 Å². The molecule has 0 fully saturated rings. The lowest BCUT2D eigenvalue weighted by atomic mass is 10.2. The summed E-state index contributed by atoms with van der Waals surface area (Å²) >= 11 is 0. The molecule has 2 N–H and O–H groups in total. The summed E-state index contributed by atoms with van der Waals surface area (Å²) in [5.74, 6) is 0. The van der Waals surface area contributed by atoms with Crippen LogP contribution in [-0.4, -0.2) is 35.5 Å². The second-order valence-electron chi connectivity index (χ2n) is 3.35. The highest BCUT2D eigenvalue weighted by Crippen LogP contribution is 2.13. The molecule has 0 radical (unpaired) electrons.